The van der Waals surface area contributed by atoms with Crippen molar-refractivity contribution in [1.29, 1.82) is 0 Å². The second kappa shape index (κ2) is 6.03. The Labute approximate surface area is 90.1 Å². The van der Waals surface area contributed by atoms with Gasteiger partial charge in [-0.1, -0.05) is 25.1 Å². The fourth-order valence-electron chi connectivity index (χ4n) is 1.24. The van der Waals surface area contributed by atoms with Gasteiger partial charge in [0.15, 0.2) is 0 Å². The Bertz CT molecular complexity index is 325. The number of carbonyl (C=O) groups excluding carboxylic acids is 1. The Morgan fingerprint density at radius 3 is 2.73 bits per heavy atom. The van der Waals surface area contributed by atoms with Gasteiger partial charge in [0, 0.05) is 19.3 Å². The van der Waals surface area contributed by atoms with E-state index in [1.54, 1.807) is 7.05 Å². The zero-order valence-electron chi connectivity index (χ0n) is 9.13. The number of carbonyl (C=O) groups is 1. The summed E-state index contributed by atoms with van der Waals surface area (Å²) in [6, 6.07) is 7.55. The van der Waals surface area contributed by atoms with Crippen molar-refractivity contribution in [3.63, 3.8) is 0 Å². The van der Waals surface area contributed by atoms with Crippen LogP contribution in [0.25, 0.3) is 0 Å². The molecule has 0 radical (unpaired) electrons. The molecule has 1 aromatic rings. The van der Waals surface area contributed by atoms with Crippen LogP contribution in [0.4, 0.5) is 10.5 Å². The predicted octanol–water partition coefficient (Wildman–Crippen LogP) is 1.55. The molecule has 82 valence electrons. The quantitative estimate of drug-likeness (QED) is 0.701. The van der Waals surface area contributed by atoms with Gasteiger partial charge in [0.05, 0.1) is 0 Å². The van der Waals surface area contributed by atoms with Crippen molar-refractivity contribution < 1.29 is 4.79 Å². The van der Waals surface area contributed by atoms with Crippen LogP contribution in [0.15, 0.2) is 24.3 Å². The average molecular weight is 207 g/mol. The third-order valence-corrected chi connectivity index (χ3v) is 2.06. The first-order valence-electron chi connectivity index (χ1n) is 5.05. The van der Waals surface area contributed by atoms with Crippen molar-refractivity contribution in [2.45, 2.75) is 13.5 Å². The predicted molar refractivity (Wildman–Crippen MR) is 61.9 cm³/mol. The van der Waals surface area contributed by atoms with Gasteiger partial charge >= 0.3 is 6.03 Å². The molecule has 0 saturated carbocycles. The molecule has 0 aliphatic heterocycles. The summed E-state index contributed by atoms with van der Waals surface area (Å²) < 4.78 is 0. The van der Waals surface area contributed by atoms with Crippen molar-refractivity contribution in [1.82, 2.24) is 10.6 Å². The second-order valence-electron chi connectivity index (χ2n) is 3.14. The van der Waals surface area contributed by atoms with Crippen molar-refractivity contribution in [3.05, 3.63) is 29.8 Å². The summed E-state index contributed by atoms with van der Waals surface area (Å²) in [5, 5.41) is 8.53. The number of amides is 2. The Kier molecular flexibility index (Phi) is 4.63. The van der Waals surface area contributed by atoms with E-state index in [2.05, 4.69) is 22.9 Å². The van der Waals surface area contributed by atoms with E-state index < -0.39 is 0 Å². The summed E-state index contributed by atoms with van der Waals surface area (Å²) in [6.07, 6.45) is 0. The lowest BCUT2D eigenvalue weighted by molar-refractivity contribution is 0.254. The fourth-order valence-corrected chi connectivity index (χ4v) is 1.24. The molecule has 0 aliphatic rings. The maximum Gasteiger partial charge on any atom is 0.318 e. The monoisotopic (exact) mass is 207 g/mol. The van der Waals surface area contributed by atoms with Gasteiger partial charge in [-0.3, -0.25) is 0 Å². The minimum atomic E-state index is -0.195. The van der Waals surface area contributed by atoms with Crippen LogP contribution in [0.1, 0.15) is 12.5 Å². The third-order valence-electron chi connectivity index (χ3n) is 2.06. The van der Waals surface area contributed by atoms with E-state index in [0.29, 0.717) is 0 Å². The van der Waals surface area contributed by atoms with Crippen molar-refractivity contribution in [3.8, 4) is 0 Å². The minimum Gasteiger partial charge on any atom is -0.341 e. The van der Waals surface area contributed by atoms with Crippen LogP contribution < -0.4 is 16.0 Å². The largest absolute Gasteiger partial charge is 0.341 e. The molecular weight excluding hydrogens is 190 g/mol. The number of para-hydroxylation sites is 1. The van der Waals surface area contributed by atoms with Crippen molar-refractivity contribution in [2.75, 3.05) is 18.9 Å². The molecule has 0 unspecified atom stereocenters. The highest BCUT2D eigenvalue weighted by molar-refractivity contribution is 5.89. The first kappa shape index (κ1) is 11.5. The van der Waals surface area contributed by atoms with Crippen LogP contribution in [-0.2, 0) is 6.54 Å². The van der Waals surface area contributed by atoms with Crippen LogP contribution in [-0.4, -0.2) is 19.6 Å². The van der Waals surface area contributed by atoms with Crippen LogP contribution in [0.5, 0.6) is 0 Å². The Morgan fingerprint density at radius 1 is 1.33 bits per heavy atom. The van der Waals surface area contributed by atoms with E-state index in [-0.39, 0.29) is 6.03 Å². The number of benzene rings is 1. The molecular formula is C11H17N3O. The lowest BCUT2D eigenvalue weighted by atomic mass is 10.2. The Morgan fingerprint density at radius 2 is 2.07 bits per heavy atom. The average Bonchev–Trinajstić information content (AvgIpc) is 2.28. The summed E-state index contributed by atoms with van der Waals surface area (Å²) in [5.41, 5.74) is 1.93. The number of urea groups is 1. The van der Waals surface area contributed by atoms with E-state index in [0.717, 1.165) is 24.3 Å². The van der Waals surface area contributed by atoms with Crippen LogP contribution >= 0.6 is 0 Å². The number of nitrogens with one attached hydrogen (secondary N) is 3. The summed E-state index contributed by atoms with van der Waals surface area (Å²) in [5.74, 6) is 0. The molecule has 1 aromatic carbocycles. The lowest BCUT2D eigenvalue weighted by Gasteiger charge is -2.10. The Hall–Kier alpha value is -1.55. The van der Waals surface area contributed by atoms with Crippen LogP contribution in [0.2, 0.25) is 0 Å². The summed E-state index contributed by atoms with van der Waals surface area (Å²) in [4.78, 5) is 11.2. The zero-order valence-corrected chi connectivity index (χ0v) is 9.13. The SMILES string of the molecule is CCNCc1ccccc1NC(=O)NC. The molecule has 0 aliphatic carbocycles. The molecule has 3 N–H and O–H groups in total. The topological polar surface area (TPSA) is 53.2 Å². The smallest absolute Gasteiger partial charge is 0.318 e. The summed E-state index contributed by atoms with van der Waals surface area (Å²) >= 11 is 0. The Balaban J connectivity index is 2.72. The normalized spacial score (nSPS) is 9.73. The van der Waals surface area contributed by atoms with E-state index in [4.69, 9.17) is 0 Å². The standard InChI is InChI=1S/C11H17N3O/c1-3-13-8-9-6-4-5-7-10(9)14-11(15)12-2/h4-7,13H,3,8H2,1-2H3,(H2,12,14,15). The van der Waals surface area contributed by atoms with Gasteiger partial charge in [-0.2, -0.15) is 0 Å². The lowest BCUT2D eigenvalue weighted by Crippen LogP contribution is -2.25. The van der Waals surface area contributed by atoms with Gasteiger partial charge < -0.3 is 16.0 Å². The van der Waals surface area contributed by atoms with Gasteiger partial charge in [-0.15, -0.1) is 0 Å². The van der Waals surface area contributed by atoms with Crippen LogP contribution in [0.3, 0.4) is 0 Å². The highest BCUT2D eigenvalue weighted by atomic mass is 16.2. The molecule has 0 bridgehead atoms. The van der Waals surface area contributed by atoms with E-state index in [9.17, 15) is 4.79 Å². The highest BCUT2D eigenvalue weighted by Gasteiger charge is 2.03. The molecule has 1 rings (SSSR count). The van der Waals surface area contributed by atoms with E-state index in [1.807, 2.05) is 24.3 Å². The maximum atomic E-state index is 11.2. The van der Waals surface area contributed by atoms with Gasteiger partial charge in [-0.05, 0) is 18.2 Å². The van der Waals surface area contributed by atoms with E-state index >= 15 is 0 Å². The van der Waals surface area contributed by atoms with Gasteiger partial charge in [0.2, 0.25) is 0 Å². The highest BCUT2D eigenvalue weighted by Crippen LogP contribution is 2.14. The van der Waals surface area contributed by atoms with Gasteiger partial charge in [0.1, 0.15) is 0 Å². The maximum absolute atomic E-state index is 11.2. The van der Waals surface area contributed by atoms with Gasteiger partial charge in [0.25, 0.3) is 0 Å². The molecule has 2 amide bonds. The number of rotatable bonds is 4. The van der Waals surface area contributed by atoms with Gasteiger partial charge in [-0.25, -0.2) is 4.79 Å². The van der Waals surface area contributed by atoms with Crippen molar-refractivity contribution in [2.24, 2.45) is 0 Å². The number of hydrogen-bond donors (Lipinski definition) is 3. The first-order chi connectivity index (χ1) is 7.27. The summed E-state index contributed by atoms with van der Waals surface area (Å²) in [6.45, 7) is 3.72. The third kappa shape index (κ3) is 3.59. The van der Waals surface area contributed by atoms with Crippen molar-refractivity contribution >= 4 is 11.7 Å². The number of anilines is 1. The molecule has 0 saturated heterocycles. The first-order valence-corrected chi connectivity index (χ1v) is 5.05. The second-order valence-corrected chi connectivity index (χ2v) is 3.14. The van der Waals surface area contributed by atoms with E-state index in [1.165, 1.54) is 0 Å². The summed E-state index contributed by atoms with van der Waals surface area (Å²) in [7, 11) is 1.60. The molecule has 0 fully saturated rings. The molecule has 0 spiro atoms. The molecule has 4 nitrogen and oxygen atoms in total. The zero-order chi connectivity index (χ0) is 11.1. The van der Waals surface area contributed by atoms with Crippen LogP contribution in [0, 0.1) is 0 Å². The minimum absolute atomic E-state index is 0.195. The molecule has 0 atom stereocenters. The molecule has 15 heavy (non-hydrogen) atoms. The fraction of sp³-hybridized carbons (Fsp3) is 0.364. The molecule has 0 heterocycles. The number of hydrogen-bond acceptors (Lipinski definition) is 2. The molecule has 4 heteroatoms. The molecule has 0 aromatic heterocycles.